The molecule has 0 amide bonds. The number of ether oxygens (including phenoxy) is 2. The molecule has 0 radical (unpaired) electrons. The van der Waals surface area contributed by atoms with Crippen molar-refractivity contribution in [2.24, 2.45) is 0 Å². The minimum atomic E-state index is 0.619. The van der Waals surface area contributed by atoms with Crippen LogP contribution < -0.4 is 15.2 Å². The Bertz CT molecular complexity index is 608. The van der Waals surface area contributed by atoms with Gasteiger partial charge < -0.3 is 15.2 Å². The lowest BCUT2D eigenvalue weighted by Gasteiger charge is -2.20. The maximum absolute atomic E-state index is 5.82. The second-order valence-corrected chi connectivity index (χ2v) is 4.84. The highest BCUT2D eigenvalue weighted by molar-refractivity contribution is 5.50. The Balaban J connectivity index is 1.92. The number of benzene rings is 2. The molecule has 1 heterocycles. The summed E-state index contributed by atoms with van der Waals surface area (Å²) in [6.07, 6.45) is 0.855. The lowest BCUT2D eigenvalue weighted by molar-refractivity contribution is 0.171. The lowest BCUT2D eigenvalue weighted by atomic mass is 9.99. The summed E-state index contributed by atoms with van der Waals surface area (Å²) in [6, 6.07) is 12.1. The first-order chi connectivity index (χ1) is 9.22. The van der Waals surface area contributed by atoms with Crippen molar-refractivity contribution in [1.29, 1.82) is 0 Å². The summed E-state index contributed by atoms with van der Waals surface area (Å²) in [4.78, 5) is 0. The van der Waals surface area contributed by atoms with Crippen molar-refractivity contribution in [2.75, 3.05) is 18.9 Å². The summed E-state index contributed by atoms with van der Waals surface area (Å²) >= 11 is 0. The fraction of sp³-hybridized carbons (Fsp3) is 0.250. The zero-order chi connectivity index (χ0) is 13.2. The van der Waals surface area contributed by atoms with E-state index < -0.39 is 0 Å². The molecule has 3 nitrogen and oxygen atoms in total. The molecule has 2 aromatic carbocycles. The smallest absolute Gasteiger partial charge is 0.161 e. The second-order valence-electron chi connectivity index (χ2n) is 4.84. The Morgan fingerprint density at radius 1 is 1.05 bits per heavy atom. The molecule has 0 fully saturated rings. The van der Waals surface area contributed by atoms with Crippen molar-refractivity contribution in [3.63, 3.8) is 0 Å². The van der Waals surface area contributed by atoms with Gasteiger partial charge in [-0.2, -0.15) is 0 Å². The quantitative estimate of drug-likeness (QED) is 0.839. The average molecular weight is 255 g/mol. The summed E-state index contributed by atoms with van der Waals surface area (Å²) in [5.41, 5.74) is 10.3. The van der Waals surface area contributed by atoms with Crippen molar-refractivity contribution < 1.29 is 9.47 Å². The van der Waals surface area contributed by atoms with Crippen LogP contribution in [0.25, 0.3) is 0 Å². The van der Waals surface area contributed by atoms with Gasteiger partial charge >= 0.3 is 0 Å². The van der Waals surface area contributed by atoms with Gasteiger partial charge in [-0.15, -0.1) is 0 Å². The van der Waals surface area contributed by atoms with Crippen LogP contribution in [0.15, 0.2) is 36.4 Å². The molecule has 1 aliphatic heterocycles. The van der Waals surface area contributed by atoms with E-state index in [9.17, 15) is 0 Å². The zero-order valence-electron chi connectivity index (χ0n) is 11.0. The van der Waals surface area contributed by atoms with Crippen LogP contribution in [-0.2, 0) is 6.42 Å². The van der Waals surface area contributed by atoms with E-state index in [-0.39, 0.29) is 0 Å². The first-order valence-electron chi connectivity index (χ1n) is 6.46. The molecule has 0 aromatic heterocycles. The highest BCUT2D eigenvalue weighted by Crippen LogP contribution is 2.33. The number of anilines is 1. The number of rotatable bonds is 2. The van der Waals surface area contributed by atoms with Crippen LogP contribution in [0.5, 0.6) is 11.5 Å². The van der Waals surface area contributed by atoms with Gasteiger partial charge in [-0.25, -0.2) is 0 Å². The highest BCUT2D eigenvalue weighted by Gasteiger charge is 2.14. The van der Waals surface area contributed by atoms with Crippen LogP contribution in [0.1, 0.15) is 16.7 Å². The van der Waals surface area contributed by atoms with E-state index in [4.69, 9.17) is 15.2 Å². The molecule has 3 rings (SSSR count). The van der Waals surface area contributed by atoms with E-state index in [1.165, 1.54) is 16.7 Å². The molecule has 0 saturated heterocycles. The van der Waals surface area contributed by atoms with Gasteiger partial charge in [0.05, 0.1) is 0 Å². The molecule has 3 heteroatoms. The summed E-state index contributed by atoms with van der Waals surface area (Å²) < 4.78 is 11.2. The van der Waals surface area contributed by atoms with Gasteiger partial charge in [-0.1, -0.05) is 12.1 Å². The summed E-state index contributed by atoms with van der Waals surface area (Å²) in [6.45, 7) is 3.34. The average Bonchev–Trinajstić information content (AvgIpc) is 2.40. The van der Waals surface area contributed by atoms with Gasteiger partial charge in [-0.05, 0) is 54.3 Å². The van der Waals surface area contributed by atoms with Gasteiger partial charge in [0.1, 0.15) is 13.2 Å². The predicted octanol–water partition coefficient (Wildman–Crippen LogP) is 2.94. The number of nitrogens with two attached hydrogens (primary N) is 1. The monoisotopic (exact) mass is 255 g/mol. The Morgan fingerprint density at radius 2 is 1.79 bits per heavy atom. The topological polar surface area (TPSA) is 44.5 Å². The fourth-order valence-electron chi connectivity index (χ4n) is 2.35. The van der Waals surface area contributed by atoms with Crippen LogP contribution in [0.4, 0.5) is 5.69 Å². The number of nitrogen functional groups attached to an aromatic ring is 1. The SMILES string of the molecule is Cc1cc2c(cc1Cc1cccc(N)c1)OCCO2. The third kappa shape index (κ3) is 2.50. The van der Waals surface area contributed by atoms with E-state index in [2.05, 4.69) is 25.1 Å². The summed E-state index contributed by atoms with van der Waals surface area (Å²) in [5, 5.41) is 0. The van der Waals surface area contributed by atoms with E-state index >= 15 is 0 Å². The maximum Gasteiger partial charge on any atom is 0.161 e. The minimum absolute atomic E-state index is 0.619. The van der Waals surface area contributed by atoms with Gasteiger partial charge in [0.2, 0.25) is 0 Å². The standard InChI is InChI=1S/C16H17NO2/c1-11-7-15-16(19-6-5-18-15)10-13(11)8-12-3-2-4-14(17)9-12/h2-4,7,9-10H,5-6,8,17H2,1H3. The van der Waals surface area contributed by atoms with Gasteiger partial charge in [0.15, 0.2) is 11.5 Å². The van der Waals surface area contributed by atoms with Crippen LogP contribution in [0.3, 0.4) is 0 Å². The molecule has 0 aliphatic carbocycles. The first-order valence-corrected chi connectivity index (χ1v) is 6.46. The molecule has 98 valence electrons. The predicted molar refractivity (Wildman–Crippen MR) is 75.8 cm³/mol. The molecule has 2 N–H and O–H groups in total. The molecule has 19 heavy (non-hydrogen) atoms. The van der Waals surface area contributed by atoms with Crippen LogP contribution in [0, 0.1) is 6.92 Å². The molecule has 0 saturated carbocycles. The first kappa shape index (κ1) is 11.9. The van der Waals surface area contributed by atoms with Crippen LogP contribution >= 0.6 is 0 Å². The second kappa shape index (κ2) is 4.84. The Hall–Kier alpha value is -2.16. The summed E-state index contributed by atoms with van der Waals surface area (Å²) in [7, 11) is 0. The van der Waals surface area contributed by atoms with Crippen molar-refractivity contribution in [3.8, 4) is 11.5 Å². The fourth-order valence-corrected chi connectivity index (χ4v) is 2.35. The molecular formula is C16H17NO2. The Labute approximate surface area is 113 Å². The molecule has 1 aliphatic rings. The Kier molecular flexibility index (Phi) is 3.03. The maximum atomic E-state index is 5.82. The van der Waals surface area contributed by atoms with Crippen LogP contribution in [0.2, 0.25) is 0 Å². The molecule has 2 aromatic rings. The van der Waals surface area contributed by atoms with E-state index in [0.717, 1.165) is 23.6 Å². The van der Waals surface area contributed by atoms with Gasteiger partial charge in [0.25, 0.3) is 0 Å². The zero-order valence-corrected chi connectivity index (χ0v) is 11.0. The normalized spacial score (nSPS) is 13.3. The molecule has 0 unspecified atom stereocenters. The Morgan fingerprint density at radius 3 is 2.53 bits per heavy atom. The van der Waals surface area contributed by atoms with E-state index in [1.807, 2.05) is 18.2 Å². The van der Waals surface area contributed by atoms with E-state index in [1.54, 1.807) is 0 Å². The van der Waals surface area contributed by atoms with Crippen molar-refractivity contribution in [1.82, 2.24) is 0 Å². The molecule has 0 spiro atoms. The van der Waals surface area contributed by atoms with Crippen molar-refractivity contribution >= 4 is 5.69 Å². The highest BCUT2D eigenvalue weighted by atomic mass is 16.6. The third-order valence-corrected chi connectivity index (χ3v) is 3.35. The largest absolute Gasteiger partial charge is 0.486 e. The number of fused-ring (bicyclic) bond motifs is 1. The van der Waals surface area contributed by atoms with Crippen LogP contribution in [-0.4, -0.2) is 13.2 Å². The lowest BCUT2D eigenvalue weighted by Crippen LogP contribution is -2.15. The van der Waals surface area contributed by atoms with Gasteiger partial charge in [-0.3, -0.25) is 0 Å². The van der Waals surface area contributed by atoms with Crippen molar-refractivity contribution in [3.05, 3.63) is 53.1 Å². The van der Waals surface area contributed by atoms with Crippen molar-refractivity contribution in [2.45, 2.75) is 13.3 Å². The number of hydrogen-bond donors (Lipinski definition) is 1. The molecular weight excluding hydrogens is 238 g/mol. The van der Waals surface area contributed by atoms with E-state index in [0.29, 0.717) is 13.2 Å². The minimum Gasteiger partial charge on any atom is -0.486 e. The molecule has 0 bridgehead atoms. The number of hydrogen-bond acceptors (Lipinski definition) is 3. The van der Waals surface area contributed by atoms with Gasteiger partial charge in [0, 0.05) is 5.69 Å². The third-order valence-electron chi connectivity index (χ3n) is 3.35. The number of aryl methyl sites for hydroxylation is 1. The summed E-state index contributed by atoms with van der Waals surface area (Å²) in [5.74, 6) is 1.69. The molecule has 0 atom stereocenters.